The summed E-state index contributed by atoms with van der Waals surface area (Å²) in [4.78, 5) is 15.0. The van der Waals surface area contributed by atoms with Crippen LogP contribution in [0.3, 0.4) is 0 Å². The van der Waals surface area contributed by atoms with Crippen molar-refractivity contribution in [2.24, 2.45) is 0 Å². The van der Waals surface area contributed by atoms with Crippen molar-refractivity contribution in [1.82, 2.24) is 4.98 Å². The van der Waals surface area contributed by atoms with E-state index in [1.165, 1.54) is 0 Å². The fraction of sp³-hybridized carbons (Fsp3) is 0.500. The van der Waals surface area contributed by atoms with Gasteiger partial charge in [-0.15, -0.1) is 0 Å². The summed E-state index contributed by atoms with van der Waals surface area (Å²) in [7, 11) is 0. The lowest BCUT2D eigenvalue weighted by Gasteiger charge is -2.09. The predicted molar refractivity (Wildman–Crippen MR) is 59.0 cm³/mol. The minimum atomic E-state index is 0.162. The average Bonchev–Trinajstić information content (AvgIpc) is 2.16. The van der Waals surface area contributed by atoms with Crippen LogP contribution in [0.5, 0.6) is 5.75 Å². The lowest BCUT2D eigenvalue weighted by molar-refractivity contribution is -0.116. The number of ketones is 1. The van der Waals surface area contributed by atoms with Gasteiger partial charge in [-0.1, -0.05) is 0 Å². The molecular formula is C12H17NO2. The summed E-state index contributed by atoms with van der Waals surface area (Å²) in [6, 6.07) is 3.79. The van der Waals surface area contributed by atoms with E-state index in [1.54, 1.807) is 13.1 Å². The Morgan fingerprint density at radius 2 is 2.20 bits per heavy atom. The molecule has 0 aliphatic heterocycles. The smallest absolute Gasteiger partial charge is 0.137 e. The highest BCUT2D eigenvalue weighted by Crippen LogP contribution is 2.11. The van der Waals surface area contributed by atoms with Gasteiger partial charge in [-0.3, -0.25) is 4.98 Å². The highest BCUT2D eigenvalue weighted by atomic mass is 16.5. The maximum atomic E-state index is 10.8. The van der Waals surface area contributed by atoms with Crippen LogP contribution in [0.25, 0.3) is 0 Å². The Morgan fingerprint density at radius 1 is 1.47 bits per heavy atom. The Labute approximate surface area is 90.5 Å². The molecule has 0 fully saturated rings. The molecule has 3 heteroatoms. The molecule has 0 aromatic carbocycles. The van der Waals surface area contributed by atoms with E-state index < -0.39 is 0 Å². The zero-order valence-electron chi connectivity index (χ0n) is 9.49. The second-order valence-electron chi connectivity index (χ2n) is 3.85. The Bertz CT molecular complexity index is 317. The SMILES string of the molecule is CC(=O)CCc1ccc(OC(C)C)cn1. The monoisotopic (exact) mass is 207 g/mol. The number of nitrogens with zero attached hydrogens (tertiary/aromatic N) is 1. The Kier molecular flexibility index (Phi) is 4.28. The largest absolute Gasteiger partial charge is 0.489 e. The van der Waals surface area contributed by atoms with Crippen LogP contribution in [-0.2, 0) is 11.2 Å². The molecule has 1 heterocycles. The van der Waals surface area contributed by atoms with Gasteiger partial charge in [0.15, 0.2) is 0 Å². The molecule has 0 spiro atoms. The molecule has 82 valence electrons. The zero-order valence-corrected chi connectivity index (χ0v) is 9.49. The molecule has 1 aromatic heterocycles. The van der Waals surface area contributed by atoms with E-state index in [9.17, 15) is 4.79 Å². The van der Waals surface area contributed by atoms with Crippen molar-refractivity contribution in [1.29, 1.82) is 0 Å². The van der Waals surface area contributed by atoms with Crippen LogP contribution >= 0.6 is 0 Å². The van der Waals surface area contributed by atoms with Gasteiger partial charge in [0.25, 0.3) is 0 Å². The van der Waals surface area contributed by atoms with Crippen LogP contribution in [0, 0.1) is 0 Å². The van der Waals surface area contributed by atoms with Crippen LogP contribution in [-0.4, -0.2) is 16.9 Å². The molecule has 1 rings (SSSR count). The molecule has 0 saturated heterocycles. The van der Waals surface area contributed by atoms with Gasteiger partial charge in [-0.25, -0.2) is 0 Å². The predicted octanol–water partition coefficient (Wildman–Crippen LogP) is 2.39. The summed E-state index contributed by atoms with van der Waals surface area (Å²) < 4.78 is 5.47. The summed E-state index contributed by atoms with van der Waals surface area (Å²) in [5.74, 6) is 0.968. The fourth-order valence-electron chi connectivity index (χ4n) is 1.20. The van der Waals surface area contributed by atoms with Gasteiger partial charge < -0.3 is 9.53 Å². The maximum absolute atomic E-state index is 10.8. The molecule has 0 amide bonds. The zero-order chi connectivity index (χ0) is 11.3. The van der Waals surface area contributed by atoms with Crippen LogP contribution in [0.2, 0.25) is 0 Å². The molecule has 0 aliphatic carbocycles. The number of carbonyl (C=O) groups excluding carboxylic acids is 1. The third kappa shape index (κ3) is 4.58. The van der Waals surface area contributed by atoms with Gasteiger partial charge in [0.05, 0.1) is 12.3 Å². The van der Waals surface area contributed by atoms with E-state index in [4.69, 9.17) is 4.74 Å². The van der Waals surface area contributed by atoms with E-state index in [2.05, 4.69) is 4.98 Å². The lowest BCUT2D eigenvalue weighted by atomic mass is 10.2. The molecule has 0 aliphatic rings. The van der Waals surface area contributed by atoms with Crippen molar-refractivity contribution < 1.29 is 9.53 Å². The first-order valence-corrected chi connectivity index (χ1v) is 5.19. The standard InChI is InChI=1S/C12H17NO2/c1-9(2)15-12-7-6-11(13-8-12)5-4-10(3)14/h6-9H,4-5H2,1-3H3. The third-order valence-corrected chi connectivity index (χ3v) is 1.90. The van der Waals surface area contributed by atoms with Gasteiger partial charge in [0, 0.05) is 12.1 Å². The van der Waals surface area contributed by atoms with E-state index in [1.807, 2.05) is 26.0 Å². The summed E-state index contributed by atoms with van der Waals surface area (Å²) in [6.45, 7) is 5.55. The quantitative estimate of drug-likeness (QED) is 0.744. The van der Waals surface area contributed by atoms with E-state index in [0.717, 1.165) is 11.4 Å². The van der Waals surface area contributed by atoms with Crippen LogP contribution < -0.4 is 4.74 Å². The van der Waals surface area contributed by atoms with Gasteiger partial charge in [0.1, 0.15) is 11.5 Å². The number of hydrogen-bond acceptors (Lipinski definition) is 3. The second kappa shape index (κ2) is 5.49. The van der Waals surface area contributed by atoms with Gasteiger partial charge in [0.2, 0.25) is 0 Å². The molecule has 0 radical (unpaired) electrons. The topological polar surface area (TPSA) is 39.2 Å². The normalized spacial score (nSPS) is 10.4. The molecule has 15 heavy (non-hydrogen) atoms. The third-order valence-electron chi connectivity index (χ3n) is 1.90. The fourth-order valence-corrected chi connectivity index (χ4v) is 1.20. The molecule has 1 aromatic rings. The lowest BCUT2D eigenvalue weighted by Crippen LogP contribution is -2.06. The van der Waals surface area contributed by atoms with Crippen molar-refractivity contribution in [3.8, 4) is 5.75 Å². The number of pyridine rings is 1. The highest BCUT2D eigenvalue weighted by molar-refractivity contribution is 5.75. The van der Waals surface area contributed by atoms with Crippen molar-refractivity contribution in [3.05, 3.63) is 24.0 Å². The number of ether oxygens (including phenoxy) is 1. The first-order chi connectivity index (χ1) is 7.08. The minimum absolute atomic E-state index is 0.162. The first-order valence-electron chi connectivity index (χ1n) is 5.19. The van der Waals surface area contributed by atoms with E-state index in [-0.39, 0.29) is 11.9 Å². The summed E-state index contributed by atoms with van der Waals surface area (Å²) >= 11 is 0. The molecule has 0 bridgehead atoms. The van der Waals surface area contributed by atoms with Gasteiger partial charge in [-0.05, 0) is 39.3 Å². The Hall–Kier alpha value is -1.38. The molecule has 0 N–H and O–H groups in total. The van der Waals surface area contributed by atoms with Crippen molar-refractivity contribution >= 4 is 5.78 Å². The molecule has 0 saturated carbocycles. The Balaban J connectivity index is 2.52. The Morgan fingerprint density at radius 3 is 2.67 bits per heavy atom. The van der Waals surface area contributed by atoms with Gasteiger partial charge >= 0.3 is 0 Å². The molecule has 0 unspecified atom stereocenters. The maximum Gasteiger partial charge on any atom is 0.137 e. The second-order valence-corrected chi connectivity index (χ2v) is 3.85. The minimum Gasteiger partial charge on any atom is -0.489 e. The van der Waals surface area contributed by atoms with Crippen LogP contribution in [0.15, 0.2) is 18.3 Å². The highest BCUT2D eigenvalue weighted by Gasteiger charge is 2.00. The summed E-state index contributed by atoms with van der Waals surface area (Å²) in [6.07, 6.45) is 3.12. The number of hydrogen-bond donors (Lipinski definition) is 0. The molecular weight excluding hydrogens is 190 g/mol. The summed E-state index contributed by atoms with van der Waals surface area (Å²) in [5.41, 5.74) is 0.932. The van der Waals surface area contributed by atoms with Gasteiger partial charge in [-0.2, -0.15) is 0 Å². The van der Waals surface area contributed by atoms with E-state index >= 15 is 0 Å². The van der Waals surface area contributed by atoms with Crippen molar-refractivity contribution in [3.63, 3.8) is 0 Å². The average molecular weight is 207 g/mol. The van der Waals surface area contributed by atoms with E-state index in [0.29, 0.717) is 12.8 Å². The number of aromatic nitrogens is 1. The first kappa shape index (κ1) is 11.7. The molecule has 0 atom stereocenters. The van der Waals surface area contributed by atoms with Crippen LogP contribution in [0.4, 0.5) is 0 Å². The number of carbonyl (C=O) groups is 1. The number of Topliss-reactive ketones (excluding diaryl/α,β-unsaturated/α-hetero) is 1. The number of aryl methyl sites for hydroxylation is 1. The number of rotatable bonds is 5. The van der Waals surface area contributed by atoms with Crippen LogP contribution in [0.1, 0.15) is 32.9 Å². The van der Waals surface area contributed by atoms with Crippen molar-refractivity contribution in [2.45, 2.75) is 39.7 Å². The summed E-state index contributed by atoms with van der Waals surface area (Å²) in [5, 5.41) is 0. The molecule has 3 nitrogen and oxygen atoms in total. The van der Waals surface area contributed by atoms with Crippen molar-refractivity contribution in [2.75, 3.05) is 0 Å².